The van der Waals surface area contributed by atoms with Gasteiger partial charge in [-0.25, -0.2) is 28.8 Å². The van der Waals surface area contributed by atoms with Crippen LogP contribution in [0.1, 0.15) is 0 Å². The van der Waals surface area contributed by atoms with Gasteiger partial charge in [-0.3, -0.25) is 0 Å². The lowest BCUT2D eigenvalue weighted by atomic mass is 10.1. The highest BCUT2D eigenvalue weighted by molar-refractivity contribution is 9.10. The van der Waals surface area contributed by atoms with E-state index >= 15 is 0 Å². The molecule has 0 spiro atoms. The number of carbonyl (C=O) groups is 2. The zero-order valence-electron chi connectivity index (χ0n) is 13.4. The molecule has 3 N–H and O–H groups in total. The normalized spacial score (nSPS) is 13.2. The second-order valence-corrected chi connectivity index (χ2v) is 6.16. The summed E-state index contributed by atoms with van der Waals surface area (Å²) in [7, 11) is 0. The standard InChI is InChI=1S/C16H14BrFN6O2/c17-10-3-4-20-14(22-9-19-8-10)12-7-11(1-2-13(12)18)23-16(26)24-6-5-21-15(24)25/h1-4,7-9H,5-6H2,(H,21,25)(H,23,26)(H,19,20,22). The first kappa shape index (κ1) is 17.8. The zero-order valence-corrected chi connectivity index (χ0v) is 15.0. The molecule has 2 aromatic rings. The largest absolute Gasteiger partial charge is 0.346 e. The van der Waals surface area contributed by atoms with Crippen LogP contribution in [-0.4, -0.2) is 45.0 Å². The molecule has 1 saturated heterocycles. The number of hydrogen-bond acceptors (Lipinski definition) is 4. The van der Waals surface area contributed by atoms with Crippen LogP contribution in [0.4, 0.5) is 19.7 Å². The first-order valence-electron chi connectivity index (χ1n) is 7.59. The molecule has 26 heavy (non-hydrogen) atoms. The average Bonchev–Trinajstić information content (AvgIpc) is 3.08. The third kappa shape index (κ3) is 4.14. The maximum Gasteiger partial charge on any atom is 0.330 e. The van der Waals surface area contributed by atoms with Gasteiger partial charge in [-0.05, 0) is 40.2 Å². The number of amides is 4. The van der Waals surface area contributed by atoms with E-state index in [1.54, 1.807) is 18.5 Å². The van der Waals surface area contributed by atoms with Crippen LogP contribution in [0, 0.1) is 5.82 Å². The molecule has 10 heteroatoms. The number of carbonyl (C=O) groups excluding carboxylic acids is 2. The number of aromatic amines is 1. The fourth-order valence-corrected chi connectivity index (χ4v) is 2.51. The molecular formula is C16H14BrFN6O2. The van der Waals surface area contributed by atoms with Gasteiger partial charge in [0.25, 0.3) is 0 Å². The Morgan fingerprint density at radius 3 is 2.96 bits per heavy atom. The molecule has 1 aromatic heterocycles. The number of halogens is 2. The molecule has 4 amide bonds. The lowest BCUT2D eigenvalue weighted by Gasteiger charge is -2.14. The van der Waals surface area contributed by atoms with E-state index in [1.807, 2.05) is 0 Å². The molecule has 134 valence electrons. The van der Waals surface area contributed by atoms with Crippen LogP contribution < -0.4 is 10.6 Å². The Morgan fingerprint density at radius 1 is 1.35 bits per heavy atom. The maximum atomic E-state index is 14.3. The van der Waals surface area contributed by atoms with Gasteiger partial charge in [0.2, 0.25) is 0 Å². The van der Waals surface area contributed by atoms with Crippen molar-refractivity contribution in [3.05, 3.63) is 53.3 Å². The van der Waals surface area contributed by atoms with Crippen LogP contribution in [-0.2, 0) is 0 Å². The Bertz CT molecular complexity index is 902. The second kappa shape index (κ2) is 7.91. The zero-order chi connectivity index (χ0) is 18.5. The van der Waals surface area contributed by atoms with E-state index in [0.29, 0.717) is 16.7 Å². The number of urea groups is 2. The highest BCUT2D eigenvalue weighted by Crippen LogP contribution is 2.23. The molecule has 0 unspecified atom stereocenters. The van der Waals surface area contributed by atoms with Crippen molar-refractivity contribution in [1.29, 1.82) is 0 Å². The average molecular weight is 421 g/mol. The molecule has 0 aliphatic carbocycles. The number of H-pyrrole nitrogens is 1. The SMILES string of the molecule is O=C1NCCN1C(=O)Nc1ccc(F)c(-c2ncncc(Br)cc[nH]2)c1. The number of hydrogen-bond donors (Lipinski definition) is 3. The van der Waals surface area contributed by atoms with Gasteiger partial charge in [0.15, 0.2) is 0 Å². The fourth-order valence-electron chi connectivity index (χ4n) is 2.26. The number of rotatable bonds is 2. The summed E-state index contributed by atoms with van der Waals surface area (Å²) < 4.78 is 15.0. The molecule has 1 aliphatic rings. The van der Waals surface area contributed by atoms with Crippen molar-refractivity contribution in [1.82, 2.24) is 25.2 Å². The van der Waals surface area contributed by atoms with Gasteiger partial charge in [0.05, 0.1) is 5.56 Å². The Kier molecular flexibility index (Phi) is 5.42. The van der Waals surface area contributed by atoms with Crippen molar-refractivity contribution in [3.63, 3.8) is 0 Å². The van der Waals surface area contributed by atoms with Crippen LogP contribution in [0.15, 0.2) is 47.5 Å². The lowest BCUT2D eigenvalue weighted by molar-refractivity contribution is 0.207. The van der Waals surface area contributed by atoms with Crippen LogP contribution in [0.2, 0.25) is 0 Å². The summed E-state index contributed by atoms with van der Waals surface area (Å²) in [6, 6.07) is 4.68. The van der Waals surface area contributed by atoms with Gasteiger partial charge >= 0.3 is 12.1 Å². The topological polar surface area (TPSA) is 103 Å². The smallest absolute Gasteiger partial charge is 0.330 e. The minimum atomic E-state index is -0.587. The van der Waals surface area contributed by atoms with Crippen molar-refractivity contribution in [2.24, 2.45) is 0 Å². The number of nitrogens with zero attached hydrogens (tertiary/aromatic N) is 3. The Labute approximate surface area is 156 Å². The molecule has 0 radical (unpaired) electrons. The van der Waals surface area contributed by atoms with E-state index in [9.17, 15) is 14.0 Å². The van der Waals surface area contributed by atoms with Gasteiger partial charge in [-0.15, -0.1) is 0 Å². The third-order valence-corrected chi connectivity index (χ3v) is 3.96. The van der Waals surface area contributed by atoms with Crippen LogP contribution >= 0.6 is 15.9 Å². The van der Waals surface area contributed by atoms with Crippen LogP contribution in [0.3, 0.4) is 0 Å². The van der Waals surface area contributed by atoms with Crippen molar-refractivity contribution in [2.45, 2.75) is 0 Å². The summed E-state index contributed by atoms with van der Waals surface area (Å²) in [6.07, 6.45) is 4.39. The molecule has 1 aromatic carbocycles. The minimum Gasteiger partial charge on any atom is -0.346 e. The maximum absolute atomic E-state index is 14.3. The molecule has 2 heterocycles. The van der Waals surface area contributed by atoms with E-state index in [0.717, 1.165) is 4.90 Å². The highest BCUT2D eigenvalue weighted by Gasteiger charge is 2.26. The van der Waals surface area contributed by atoms with Gasteiger partial charge in [0, 0.05) is 35.6 Å². The van der Waals surface area contributed by atoms with Crippen molar-refractivity contribution < 1.29 is 14.0 Å². The lowest BCUT2D eigenvalue weighted by Crippen LogP contribution is -2.37. The van der Waals surface area contributed by atoms with E-state index in [-0.39, 0.29) is 17.9 Å². The first-order chi connectivity index (χ1) is 12.5. The summed E-state index contributed by atoms with van der Waals surface area (Å²) in [5.74, 6) is -0.311. The monoisotopic (exact) mass is 420 g/mol. The Morgan fingerprint density at radius 2 is 2.19 bits per heavy atom. The van der Waals surface area contributed by atoms with Crippen LogP contribution in [0.5, 0.6) is 0 Å². The van der Waals surface area contributed by atoms with Crippen molar-refractivity contribution >= 4 is 33.7 Å². The molecule has 3 rings (SSSR count). The van der Waals surface area contributed by atoms with Crippen molar-refractivity contribution in [3.8, 4) is 11.4 Å². The van der Waals surface area contributed by atoms with Crippen LogP contribution in [0.25, 0.3) is 11.4 Å². The summed E-state index contributed by atoms with van der Waals surface area (Å²) >= 11 is 3.28. The summed E-state index contributed by atoms with van der Waals surface area (Å²) in [5.41, 5.74) is 0.471. The Balaban J connectivity index is 1.91. The number of imide groups is 1. The Hall–Kier alpha value is -3.01. The number of anilines is 1. The third-order valence-electron chi connectivity index (χ3n) is 3.49. The predicted molar refractivity (Wildman–Crippen MR) is 96.2 cm³/mol. The van der Waals surface area contributed by atoms with Gasteiger partial charge in [-0.2, -0.15) is 0 Å². The number of aromatic nitrogens is 3. The second-order valence-electron chi connectivity index (χ2n) is 5.24. The quantitative estimate of drug-likeness (QED) is 0.694. The van der Waals surface area contributed by atoms with Gasteiger partial charge < -0.3 is 15.6 Å². The van der Waals surface area contributed by atoms with Gasteiger partial charge in [0.1, 0.15) is 18.0 Å². The van der Waals surface area contributed by atoms with E-state index in [4.69, 9.17) is 0 Å². The minimum absolute atomic E-state index is 0.141. The molecule has 1 fully saturated rings. The van der Waals surface area contributed by atoms with E-state index in [1.165, 1.54) is 24.5 Å². The predicted octanol–water partition coefficient (Wildman–Crippen LogP) is 3.05. The summed E-state index contributed by atoms with van der Waals surface area (Å²) in [6.45, 7) is 0.674. The molecule has 8 nitrogen and oxygen atoms in total. The summed E-state index contributed by atoms with van der Waals surface area (Å²) in [4.78, 5) is 35.6. The highest BCUT2D eigenvalue weighted by atomic mass is 79.9. The molecule has 0 saturated carbocycles. The van der Waals surface area contributed by atoms with E-state index < -0.39 is 17.9 Å². The molecule has 1 aliphatic heterocycles. The molecule has 0 atom stereocenters. The summed E-state index contributed by atoms with van der Waals surface area (Å²) in [5, 5.41) is 5.11. The number of benzene rings is 1. The fraction of sp³-hybridized carbons (Fsp3) is 0.125. The number of nitrogens with one attached hydrogen (secondary N) is 3. The first-order valence-corrected chi connectivity index (χ1v) is 8.38. The molecule has 0 bridgehead atoms. The van der Waals surface area contributed by atoms with E-state index in [2.05, 4.69) is 41.5 Å². The molecular weight excluding hydrogens is 407 g/mol. The van der Waals surface area contributed by atoms with Gasteiger partial charge in [-0.1, -0.05) is 0 Å². The van der Waals surface area contributed by atoms with Crippen molar-refractivity contribution in [2.75, 3.05) is 18.4 Å².